The highest BCUT2D eigenvalue weighted by Crippen LogP contribution is 2.22. The Balaban J connectivity index is 2.65. The predicted molar refractivity (Wildman–Crippen MR) is 81.2 cm³/mol. The molecule has 1 N–H and O–H groups in total. The average Bonchev–Trinajstić information content (AvgIpc) is 2.48. The third-order valence-electron chi connectivity index (χ3n) is 3.54. The number of carbonyl (C=O) groups is 1. The van der Waals surface area contributed by atoms with Crippen LogP contribution >= 0.6 is 0 Å². The van der Waals surface area contributed by atoms with Gasteiger partial charge < -0.3 is 14.8 Å². The molecular formula is C16H25NO3. The van der Waals surface area contributed by atoms with Crippen LogP contribution in [0.1, 0.15) is 39.5 Å². The fourth-order valence-electron chi connectivity index (χ4n) is 1.96. The minimum Gasteiger partial charge on any atom is -0.497 e. The lowest BCUT2D eigenvalue weighted by molar-refractivity contribution is -0.136. The van der Waals surface area contributed by atoms with E-state index in [0.29, 0.717) is 0 Å². The fourth-order valence-corrected chi connectivity index (χ4v) is 1.96. The number of hydrogen-bond acceptors (Lipinski definition) is 3. The van der Waals surface area contributed by atoms with Crippen molar-refractivity contribution in [3.8, 4) is 5.75 Å². The summed E-state index contributed by atoms with van der Waals surface area (Å²) in [5.74, 6) is 0.654. The molecule has 1 amide bonds. The number of benzene rings is 1. The third kappa shape index (κ3) is 4.53. The van der Waals surface area contributed by atoms with E-state index in [0.717, 1.165) is 37.1 Å². The number of unbranched alkanes of at least 4 members (excludes halogenated alkanes) is 2. The van der Waals surface area contributed by atoms with Gasteiger partial charge in [-0.1, -0.05) is 26.2 Å². The summed E-state index contributed by atoms with van der Waals surface area (Å²) in [5.41, 5.74) is -0.0377. The maximum atomic E-state index is 12.3. The molecule has 0 fully saturated rings. The van der Waals surface area contributed by atoms with Crippen molar-refractivity contribution in [1.82, 2.24) is 0 Å². The molecule has 4 nitrogen and oxygen atoms in total. The topological polar surface area (TPSA) is 47.6 Å². The first-order valence-corrected chi connectivity index (χ1v) is 7.06. The molecule has 0 aliphatic carbocycles. The van der Waals surface area contributed by atoms with Crippen molar-refractivity contribution in [3.63, 3.8) is 0 Å². The lowest BCUT2D eigenvalue weighted by atomic mass is 9.97. The minimum absolute atomic E-state index is 0.110. The molecule has 112 valence electrons. The fraction of sp³-hybridized carbons (Fsp3) is 0.562. The number of hydrogen-bond donors (Lipinski definition) is 1. The monoisotopic (exact) mass is 279 g/mol. The van der Waals surface area contributed by atoms with Crippen molar-refractivity contribution in [2.45, 2.75) is 45.1 Å². The maximum absolute atomic E-state index is 12.3. The second-order valence-corrected chi connectivity index (χ2v) is 5.07. The van der Waals surface area contributed by atoms with Crippen molar-refractivity contribution < 1.29 is 14.3 Å². The second kappa shape index (κ2) is 7.90. The van der Waals surface area contributed by atoms with Crippen LogP contribution in [0.25, 0.3) is 0 Å². The van der Waals surface area contributed by atoms with Crippen molar-refractivity contribution in [2.75, 3.05) is 19.5 Å². The number of anilines is 1. The molecule has 0 heterocycles. The van der Waals surface area contributed by atoms with Gasteiger partial charge in [0.05, 0.1) is 7.11 Å². The summed E-state index contributed by atoms with van der Waals surface area (Å²) < 4.78 is 10.5. The van der Waals surface area contributed by atoms with E-state index in [4.69, 9.17) is 9.47 Å². The lowest BCUT2D eigenvalue weighted by Gasteiger charge is -2.26. The Labute approximate surface area is 121 Å². The van der Waals surface area contributed by atoms with Crippen LogP contribution in [-0.4, -0.2) is 25.7 Å². The summed E-state index contributed by atoms with van der Waals surface area (Å²) in [4.78, 5) is 12.3. The van der Waals surface area contributed by atoms with Crippen LogP contribution < -0.4 is 10.1 Å². The van der Waals surface area contributed by atoms with Crippen LogP contribution in [-0.2, 0) is 9.53 Å². The van der Waals surface area contributed by atoms with E-state index >= 15 is 0 Å². The van der Waals surface area contributed by atoms with Crippen LogP contribution in [0.2, 0.25) is 0 Å². The van der Waals surface area contributed by atoms with Gasteiger partial charge in [0.1, 0.15) is 11.4 Å². The molecule has 1 atom stereocenters. The van der Waals surface area contributed by atoms with Gasteiger partial charge in [0, 0.05) is 12.8 Å². The molecule has 0 unspecified atom stereocenters. The summed E-state index contributed by atoms with van der Waals surface area (Å²) in [6, 6.07) is 7.27. The van der Waals surface area contributed by atoms with E-state index in [1.54, 1.807) is 14.2 Å². The predicted octanol–water partition coefficient (Wildman–Crippen LogP) is 3.62. The Hall–Kier alpha value is -1.55. The van der Waals surface area contributed by atoms with E-state index in [9.17, 15) is 4.79 Å². The first-order chi connectivity index (χ1) is 9.55. The molecule has 0 aliphatic heterocycles. The quantitative estimate of drug-likeness (QED) is 0.739. The summed E-state index contributed by atoms with van der Waals surface area (Å²) in [7, 11) is 3.20. The second-order valence-electron chi connectivity index (χ2n) is 5.07. The van der Waals surface area contributed by atoms with Gasteiger partial charge in [-0.2, -0.15) is 0 Å². The summed E-state index contributed by atoms with van der Waals surface area (Å²) in [5, 5.41) is 2.89. The van der Waals surface area contributed by atoms with Gasteiger partial charge in [0.2, 0.25) is 0 Å². The highest BCUT2D eigenvalue weighted by molar-refractivity contribution is 5.97. The van der Waals surface area contributed by atoms with Gasteiger partial charge in [0.25, 0.3) is 5.91 Å². The number of methoxy groups -OCH3 is 2. The number of ether oxygens (including phenoxy) is 2. The third-order valence-corrected chi connectivity index (χ3v) is 3.54. The van der Waals surface area contributed by atoms with Crippen LogP contribution in [0, 0.1) is 0 Å². The summed E-state index contributed by atoms with van der Waals surface area (Å²) >= 11 is 0. The number of amides is 1. The molecule has 0 aliphatic rings. The summed E-state index contributed by atoms with van der Waals surface area (Å²) in [6.45, 7) is 3.98. The molecule has 0 saturated heterocycles. The number of nitrogens with one attached hydrogen (secondary N) is 1. The van der Waals surface area contributed by atoms with Crippen LogP contribution in [0.15, 0.2) is 24.3 Å². The number of rotatable bonds is 8. The molecular weight excluding hydrogens is 254 g/mol. The van der Waals surface area contributed by atoms with E-state index in [1.807, 2.05) is 31.2 Å². The van der Waals surface area contributed by atoms with Crippen molar-refractivity contribution in [2.24, 2.45) is 0 Å². The Morgan fingerprint density at radius 1 is 1.20 bits per heavy atom. The van der Waals surface area contributed by atoms with E-state index < -0.39 is 5.60 Å². The van der Waals surface area contributed by atoms with E-state index in [2.05, 4.69) is 12.2 Å². The first kappa shape index (κ1) is 16.5. The summed E-state index contributed by atoms with van der Waals surface area (Å²) in [6.07, 6.45) is 3.94. The molecule has 20 heavy (non-hydrogen) atoms. The smallest absolute Gasteiger partial charge is 0.256 e. The molecule has 1 rings (SSSR count). The SMILES string of the molecule is CCCCC[C@](C)(OC)C(=O)Nc1ccc(OC)cc1. The molecule has 0 saturated carbocycles. The average molecular weight is 279 g/mol. The number of carbonyl (C=O) groups excluding carboxylic acids is 1. The molecule has 0 spiro atoms. The standard InChI is InChI=1S/C16H25NO3/c1-5-6-7-12-16(2,20-4)15(18)17-13-8-10-14(19-3)11-9-13/h8-11H,5-7,12H2,1-4H3,(H,17,18)/t16-/m0/s1. The Morgan fingerprint density at radius 3 is 2.35 bits per heavy atom. The van der Waals surface area contributed by atoms with Crippen molar-refractivity contribution in [3.05, 3.63) is 24.3 Å². The van der Waals surface area contributed by atoms with Crippen LogP contribution in [0.3, 0.4) is 0 Å². The Bertz CT molecular complexity index is 416. The van der Waals surface area contributed by atoms with Gasteiger partial charge in [-0.25, -0.2) is 0 Å². The van der Waals surface area contributed by atoms with Crippen LogP contribution in [0.4, 0.5) is 5.69 Å². The van der Waals surface area contributed by atoms with Gasteiger partial charge in [-0.15, -0.1) is 0 Å². The first-order valence-electron chi connectivity index (χ1n) is 7.06. The molecule has 0 bridgehead atoms. The zero-order valence-electron chi connectivity index (χ0n) is 12.9. The highest BCUT2D eigenvalue weighted by Gasteiger charge is 2.32. The molecule has 0 aromatic heterocycles. The van der Waals surface area contributed by atoms with Gasteiger partial charge in [-0.05, 0) is 37.6 Å². The minimum atomic E-state index is -0.783. The molecule has 1 aromatic rings. The van der Waals surface area contributed by atoms with E-state index in [-0.39, 0.29) is 5.91 Å². The molecule has 4 heteroatoms. The Kier molecular flexibility index (Phi) is 6.52. The lowest BCUT2D eigenvalue weighted by Crippen LogP contribution is -2.41. The van der Waals surface area contributed by atoms with Crippen molar-refractivity contribution >= 4 is 11.6 Å². The van der Waals surface area contributed by atoms with Gasteiger partial charge in [0.15, 0.2) is 0 Å². The van der Waals surface area contributed by atoms with Crippen molar-refractivity contribution in [1.29, 1.82) is 0 Å². The molecule has 1 aromatic carbocycles. The normalized spacial score (nSPS) is 13.6. The van der Waals surface area contributed by atoms with Crippen LogP contribution in [0.5, 0.6) is 5.75 Å². The van der Waals surface area contributed by atoms with Gasteiger partial charge in [-0.3, -0.25) is 4.79 Å². The maximum Gasteiger partial charge on any atom is 0.256 e. The van der Waals surface area contributed by atoms with E-state index in [1.165, 1.54) is 0 Å². The Morgan fingerprint density at radius 2 is 1.85 bits per heavy atom. The zero-order chi connectivity index (χ0) is 15.0. The van der Waals surface area contributed by atoms with Gasteiger partial charge >= 0.3 is 0 Å². The highest BCUT2D eigenvalue weighted by atomic mass is 16.5. The molecule has 0 radical (unpaired) electrons. The largest absolute Gasteiger partial charge is 0.497 e. The zero-order valence-corrected chi connectivity index (χ0v) is 12.9.